The van der Waals surface area contributed by atoms with E-state index in [9.17, 15) is 14.9 Å². The van der Waals surface area contributed by atoms with Crippen molar-refractivity contribution in [3.05, 3.63) is 52.2 Å². The summed E-state index contributed by atoms with van der Waals surface area (Å²) in [6.07, 6.45) is 10.1. The molecule has 166 valence electrons. The van der Waals surface area contributed by atoms with E-state index in [1.54, 1.807) is 24.5 Å². The van der Waals surface area contributed by atoms with Gasteiger partial charge in [0.2, 0.25) is 5.91 Å². The number of rotatable bonds is 5. The average Bonchev–Trinajstić information content (AvgIpc) is 3.18. The number of amides is 2. The van der Waals surface area contributed by atoms with Gasteiger partial charge in [0.1, 0.15) is 11.1 Å². The Morgan fingerprint density at radius 2 is 2.34 bits per heavy atom. The van der Waals surface area contributed by atoms with E-state index in [2.05, 4.69) is 16.4 Å². The molecular weight excluding hydrogens is 428 g/mol. The molecule has 2 aliphatic rings. The zero-order chi connectivity index (χ0) is 22.3. The number of thiophene rings is 1. The molecule has 1 fully saturated rings. The number of pyridine rings is 1. The van der Waals surface area contributed by atoms with Crippen LogP contribution in [-0.4, -0.2) is 41.8 Å². The minimum absolute atomic E-state index is 0.176. The van der Waals surface area contributed by atoms with Crippen molar-refractivity contribution in [2.24, 2.45) is 5.92 Å². The fraction of sp³-hybridized carbons (Fsp3) is 0.391. The summed E-state index contributed by atoms with van der Waals surface area (Å²) in [6, 6.07) is 5.89. The number of ether oxygens (including phenoxy) is 1. The molecule has 1 saturated heterocycles. The van der Waals surface area contributed by atoms with E-state index < -0.39 is 6.09 Å². The van der Waals surface area contributed by atoms with Crippen molar-refractivity contribution in [1.29, 1.82) is 5.26 Å². The molecule has 1 aliphatic carbocycles. The molecule has 32 heavy (non-hydrogen) atoms. The van der Waals surface area contributed by atoms with Gasteiger partial charge in [0.15, 0.2) is 0 Å². The van der Waals surface area contributed by atoms with Crippen LogP contribution in [0, 0.1) is 17.2 Å². The number of fused-ring (bicyclic) bond motifs is 1. The number of carbonyl (C=O) groups excluding carboxylic acids is 2. The SMILES string of the molecule is N#Cc1c(NC(=O)/C=C/c2cccnc2)sc2c1CCC(COC(=O)N1CCCCO1)C2. The van der Waals surface area contributed by atoms with Gasteiger partial charge in [0, 0.05) is 23.3 Å². The average molecular weight is 453 g/mol. The third-order valence-corrected chi connectivity index (χ3v) is 6.65. The van der Waals surface area contributed by atoms with Gasteiger partial charge in [-0.2, -0.15) is 10.3 Å². The van der Waals surface area contributed by atoms with Gasteiger partial charge in [0.05, 0.1) is 25.3 Å². The summed E-state index contributed by atoms with van der Waals surface area (Å²) in [5, 5.41) is 14.4. The smallest absolute Gasteiger partial charge is 0.433 e. The summed E-state index contributed by atoms with van der Waals surface area (Å²) in [5.74, 6) is -0.119. The van der Waals surface area contributed by atoms with Crippen LogP contribution in [0.15, 0.2) is 30.6 Å². The summed E-state index contributed by atoms with van der Waals surface area (Å²) in [4.78, 5) is 34.9. The Kier molecular flexibility index (Phi) is 7.14. The van der Waals surface area contributed by atoms with Crippen molar-refractivity contribution in [2.75, 3.05) is 25.1 Å². The Bertz CT molecular complexity index is 1040. The molecule has 4 rings (SSSR count). The van der Waals surface area contributed by atoms with Crippen molar-refractivity contribution in [3.8, 4) is 6.07 Å². The van der Waals surface area contributed by atoms with E-state index >= 15 is 0 Å². The zero-order valence-corrected chi connectivity index (χ0v) is 18.4. The molecule has 1 unspecified atom stereocenters. The van der Waals surface area contributed by atoms with E-state index in [4.69, 9.17) is 9.57 Å². The number of nitriles is 1. The molecule has 1 aliphatic heterocycles. The van der Waals surface area contributed by atoms with Crippen molar-refractivity contribution in [2.45, 2.75) is 32.1 Å². The monoisotopic (exact) mass is 452 g/mol. The molecule has 2 amide bonds. The summed E-state index contributed by atoms with van der Waals surface area (Å²) >= 11 is 1.43. The molecule has 1 N–H and O–H groups in total. The Hall–Kier alpha value is -3.22. The lowest BCUT2D eigenvalue weighted by atomic mass is 9.88. The van der Waals surface area contributed by atoms with Crippen molar-refractivity contribution >= 4 is 34.4 Å². The number of hydrogen-bond donors (Lipinski definition) is 1. The Morgan fingerprint density at radius 1 is 1.44 bits per heavy atom. The third-order valence-electron chi connectivity index (χ3n) is 5.48. The minimum Gasteiger partial charge on any atom is -0.448 e. The van der Waals surface area contributed by atoms with Gasteiger partial charge in [0.25, 0.3) is 0 Å². The number of aromatic nitrogens is 1. The maximum Gasteiger partial charge on any atom is 0.433 e. The first-order chi connectivity index (χ1) is 15.6. The summed E-state index contributed by atoms with van der Waals surface area (Å²) in [5.41, 5.74) is 2.34. The van der Waals surface area contributed by atoms with Gasteiger partial charge in [-0.3, -0.25) is 14.6 Å². The number of nitrogens with zero attached hydrogens (tertiary/aromatic N) is 3. The maximum absolute atomic E-state index is 12.4. The highest BCUT2D eigenvalue weighted by molar-refractivity contribution is 7.16. The molecule has 9 heteroatoms. The molecule has 8 nitrogen and oxygen atoms in total. The number of hydroxylamine groups is 2. The van der Waals surface area contributed by atoms with Crippen LogP contribution in [0.4, 0.5) is 9.80 Å². The van der Waals surface area contributed by atoms with Gasteiger partial charge in [-0.1, -0.05) is 6.07 Å². The summed E-state index contributed by atoms with van der Waals surface area (Å²) in [6.45, 7) is 1.41. The molecule has 0 aromatic carbocycles. The van der Waals surface area contributed by atoms with Gasteiger partial charge in [-0.15, -0.1) is 11.3 Å². The van der Waals surface area contributed by atoms with Crippen LogP contribution >= 0.6 is 11.3 Å². The van der Waals surface area contributed by atoms with Crippen molar-refractivity contribution in [3.63, 3.8) is 0 Å². The molecule has 1 atom stereocenters. The van der Waals surface area contributed by atoms with E-state index in [1.165, 1.54) is 22.5 Å². The summed E-state index contributed by atoms with van der Waals surface area (Å²) < 4.78 is 5.46. The van der Waals surface area contributed by atoms with Gasteiger partial charge in [-0.05, 0) is 61.3 Å². The first kappa shape index (κ1) is 22.0. The van der Waals surface area contributed by atoms with Gasteiger partial charge < -0.3 is 10.1 Å². The van der Waals surface area contributed by atoms with E-state index in [1.807, 2.05) is 6.07 Å². The highest BCUT2D eigenvalue weighted by Crippen LogP contribution is 2.39. The number of anilines is 1. The van der Waals surface area contributed by atoms with Crippen LogP contribution in [0.25, 0.3) is 6.08 Å². The molecule has 2 aromatic heterocycles. The first-order valence-corrected chi connectivity index (χ1v) is 11.5. The Morgan fingerprint density at radius 3 is 3.09 bits per heavy atom. The molecule has 0 bridgehead atoms. The van der Waals surface area contributed by atoms with Gasteiger partial charge in [-0.25, -0.2) is 4.79 Å². The molecule has 0 saturated carbocycles. The standard InChI is InChI=1S/C23H24N4O4S/c24-13-19-18-7-5-17(15-30-23(29)27-10-1-2-11-31-27)12-20(18)32-22(19)26-21(28)8-6-16-4-3-9-25-14-16/h3-4,6,8-9,14,17H,1-2,5,7,10-12,15H2,(H,26,28)/b8-6+. The lowest BCUT2D eigenvalue weighted by Crippen LogP contribution is -2.37. The summed E-state index contributed by atoms with van der Waals surface area (Å²) in [7, 11) is 0. The fourth-order valence-electron chi connectivity index (χ4n) is 3.80. The van der Waals surface area contributed by atoms with Crippen LogP contribution in [0.2, 0.25) is 0 Å². The molecule has 0 radical (unpaired) electrons. The van der Waals surface area contributed by atoms with Gasteiger partial charge >= 0.3 is 6.09 Å². The van der Waals surface area contributed by atoms with E-state index in [0.29, 0.717) is 36.7 Å². The van der Waals surface area contributed by atoms with Crippen LogP contribution in [0.1, 0.15) is 40.8 Å². The number of nitrogens with one attached hydrogen (secondary N) is 1. The normalized spacial score (nSPS) is 18.1. The first-order valence-electron chi connectivity index (χ1n) is 10.6. The van der Waals surface area contributed by atoms with Crippen LogP contribution < -0.4 is 5.32 Å². The lowest BCUT2D eigenvalue weighted by Gasteiger charge is -2.27. The molecular formula is C23H24N4O4S. The third kappa shape index (κ3) is 5.33. The van der Waals surface area contributed by atoms with E-state index in [0.717, 1.165) is 41.7 Å². The molecule has 3 heterocycles. The van der Waals surface area contributed by atoms with Crippen LogP contribution in [0.5, 0.6) is 0 Å². The Balaban J connectivity index is 1.36. The van der Waals surface area contributed by atoms with Crippen molar-refractivity contribution < 1.29 is 19.2 Å². The van der Waals surface area contributed by atoms with Crippen molar-refractivity contribution in [1.82, 2.24) is 10.0 Å². The van der Waals surface area contributed by atoms with Crippen LogP contribution in [-0.2, 0) is 27.2 Å². The molecule has 2 aromatic rings. The Labute approximate surface area is 190 Å². The second kappa shape index (κ2) is 10.4. The highest BCUT2D eigenvalue weighted by Gasteiger charge is 2.28. The topological polar surface area (TPSA) is 105 Å². The second-order valence-electron chi connectivity index (χ2n) is 7.76. The lowest BCUT2D eigenvalue weighted by molar-refractivity contribution is -0.157. The predicted octanol–water partition coefficient (Wildman–Crippen LogP) is 3.94. The highest BCUT2D eigenvalue weighted by atomic mass is 32.1. The number of carbonyl (C=O) groups is 2. The van der Waals surface area contributed by atoms with Crippen LogP contribution in [0.3, 0.4) is 0 Å². The molecule has 0 spiro atoms. The zero-order valence-electron chi connectivity index (χ0n) is 17.6. The largest absolute Gasteiger partial charge is 0.448 e. The fourth-order valence-corrected chi connectivity index (χ4v) is 5.12. The van der Waals surface area contributed by atoms with E-state index in [-0.39, 0.29) is 11.8 Å². The second-order valence-corrected chi connectivity index (χ2v) is 8.86. The maximum atomic E-state index is 12.4. The quantitative estimate of drug-likeness (QED) is 0.689. The minimum atomic E-state index is -0.437. The predicted molar refractivity (Wildman–Crippen MR) is 120 cm³/mol. The number of hydrogen-bond acceptors (Lipinski definition) is 7.